The number of hydrogen-bond acceptors (Lipinski definition) is 4. The lowest BCUT2D eigenvalue weighted by molar-refractivity contribution is -0.117. The molecule has 0 saturated carbocycles. The first kappa shape index (κ1) is 18.4. The summed E-state index contributed by atoms with van der Waals surface area (Å²) in [7, 11) is 1.52. The Morgan fingerprint density at radius 1 is 1.19 bits per heavy atom. The number of methoxy groups -OCH3 is 1. The normalized spacial score (nSPS) is 13.5. The van der Waals surface area contributed by atoms with Crippen LogP contribution in [0.1, 0.15) is 28.8 Å². The largest absolute Gasteiger partial charge is 0.494 e. The fraction of sp³-hybridized carbons (Fsp3) is 0.250. The van der Waals surface area contributed by atoms with Crippen molar-refractivity contribution in [3.05, 3.63) is 53.6 Å². The maximum absolute atomic E-state index is 12.3. The number of nitrogens with zero attached hydrogens (tertiary/aromatic N) is 1. The van der Waals surface area contributed by atoms with Crippen LogP contribution in [0.3, 0.4) is 0 Å². The first-order valence-corrected chi connectivity index (χ1v) is 8.58. The predicted octanol–water partition coefficient (Wildman–Crippen LogP) is 2.70. The molecule has 140 valence electrons. The summed E-state index contributed by atoms with van der Waals surface area (Å²) < 4.78 is 5.38. The molecule has 0 bridgehead atoms. The number of carboxylic acid groups (broad SMARTS) is 1. The van der Waals surface area contributed by atoms with Gasteiger partial charge in [-0.1, -0.05) is 12.1 Å². The van der Waals surface area contributed by atoms with E-state index in [0.29, 0.717) is 35.7 Å². The molecule has 0 atom stereocenters. The van der Waals surface area contributed by atoms with Gasteiger partial charge in [-0.05, 0) is 36.2 Å². The lowest BCUT2D eigenvalue weighted by atomic mass is 10.1. The summed E-state index contributed by atoms with van der Waals surface area (Å²) in [6.07, 6.45) is 1.47. The van der Waals surface area contributed by atoms with Crippen molar-refractivity contribution in [2.24, 2.45) is 0 Å². The van der Waals surface area contributed by atoms with Crippen LogP contribution in [-0.2, 0) is 16.0 Å². The molecule has 2 aromatic rings. The topological polar surface area (TPSA) is 95.9 Å². The van der Waals surface area contributed by atoms with Crippen LogP contribution in [-0.4, -0.2) is 36.5 Å². The third-order valence-corrected chi connectivity index (χ3v) is 4.39. The Morgan fingerprint density at radius 3 is 2.52 bits per heavy atom. The maximum Gasteiger partial charge on any atom is 0.335 e. The van der Waals surface area contributed by atoms with Gasteiger partial charge in [-0.3, -0.25) is 9.59 Å². The summed E-state index contributed by atoms with van der Waals surface area (Å²) in [5.41, 5.74) is 2.15. The smallest absolute Gasteiger partial charge is 0.335 e. The Balaban J connectivity index is 1.68. The number of hydrogen-bond donors (Lipinski definition) is 2. The van der Waals surface area contributed by atoms with E-state index in [1.165, 1.54) is 19.2 Å². The van der Waals surface area contributed by atoms with E-state index in [2.05, 4.69) is 5.32 Å². The van der Waals surface area contributed by atoms with Gasteiger partial charge in [0.15, 0.2) is 0 Å². The fourth-order valence-electron chi connectivity index (χ4n) is 3.04. The summed E-state index contributed by atoms with van der Waals surface area (Å²) in [6.45, 7) is 0.660. The lowest BCUT2D eigenvalue weighted by Crippen LogP contribution is -2.24. The standard InChI is InChI=1S/C20H20N2O5/c1-27-17-12-15(8-9-16(17)22-10-2-3-19(22)24)21-18(23)11-13-4-6-14(7-5-13)20(25)26/h4-9,12H,2-3,10-11H2,1H3,(H,21,23)(H,25,26). The second-order valence-corrected chi connectivity index (χ2v) is 6.26. The van der Waals surface area contributed by atoms with Crippen molar-refractivity contribution in [2.75, 3.05) is 23.9 Å². The van der Waals surface area contributed by atoms with Gasteiger partial charge in [-0.15, -0.1) is 0 Å². The van der Waals surface area contributed by atoms with Crippen LogP contribution < -0.4 is 15.0 Å². The molecule has 1 saturated heterocycles. The second-order valence-electron chi connectivity index (χ2n) is 6.26. The van der Waals surface area contributed by atoms with E-state index in [0.717, 1.165) is 6.42 Å². The Kier molecular flexibility index (Phi) is 5.40. The van der Waals surface area contributed by atoms with Crippen molar-refractivity contribution in [1.29, 1.82) is 0 Å². The fourth-order valence-corrected chi connectivity index (χ4v) is 3.04. The van der Waals surface area contributed by atoms with Crippen molar-refractivity contribution < 1.29 is 24.2 Å². The molecular formula is C20H20N2O5. The minimum atomic E-state index is -1.00. The Morgan fingerprint density at radius 2 is 1.93 bits per heavy atom. The van der Waals surface area contributed by atoms with Crippen LogP contribution in [0.15, 0.2) is 42.5 Å². The SMILES string of the molecule is COc1cc(NC(=O)Cc2ccc(C(=O)O)cc2)ccc1N1CCCC1=O. The quantitative estimate of drug-likeness (QED) is 0.817. The third-order valence-electron chi connectivity index (χ3n) is 4.39. The molecule has 0 unspecified atom stereocenters. The predicted molar refractivity (Wildman–Crippen MR) is 100 cm³/mol. The van der Waals surface area contributed by atoms with E-state index in [1.54, 1.807) is 35.2 Å². The molecule has 2 aromatic carbocycles. The number of carboxylic acids is 1. The molecule has 2 N–H and O–H groups in total. The van der Waals surface area contributed by atoms with Gasteiger partial charge >= 0.3 is 5.97 Å². The van der Waals surface area contributed by atoms with Crippen LogP contribution in [0.2, 0.25) is 0 Å². The van der Waals surface area contributed by atoms with Gasteiger partial charge in [0.2, 0.25) is 11.8 Å². The molecule has 0 aliphatic carbocycles. The molecule has 1 fully saturated rings. The summed E-state index contributed by atoms with van der Waals surface area (Å²) in [4.78, 5) is 36.8. The summed E-state index contributed by atoms with van der Waals surface area (Å²) in [5.74, 6) is -0.649. The van der Waals surface area contributed by atoms with Crippen molar-refractivity contribution in [3.63, 3.8) is 0 Å². The Bertz CT molecular complexity index is 876. The molecule has 1 aliphatic heterocycles. The van der Waals surface area contributed by atoms with E-state index in [9.17, 15) is 14.4 Å². The first-order chi connectivity index (χ1) is 13.0. The molecule has 7 heteroatoms. The molecule has 0 aromatic heterocycles. The van der Waals surface area contributed by atoms with Gasteiger partial charge in [0.1, 0.15) is 5.75 Å². The highest BCUT2D eigenvalue weighted by molar-refractivity contribution is 5.98. The van der Waals surface area contributed by atoms with E-state index in [1.807, 2.05) is 0 Å². The molecule has 0 spiro atoms. The molecule has 0 radical (unpaired) electrons. The molecule has 1 aliphatic rings. The van der Waals surface area contributed by atoms with Gasteiger partial charge < -0.3 is 20.1 Å². The monoisotopic (exact) mass is 368 g/mol. The second kappa shape index (κ2) is 7.90. The number of amides is 2. The van der Waals surface area contributed by atoms with Gasteiger partial charge in [0.05, 0.1) is 24.8 Å². The van der Waals surface area contributed by atoms with Gasteiger partial charge in [-0.2, -0.15) is 0 Å². The molecule has 3 rings (SSSR count). The third kappa shape index (κ3) is 4.25. The number of benzene rings is 2. The zero-order valence-corrected chi connectivity index (χ0v) is 14.9. The number of ether oxygens (including phenoxy) is 1. The molecule has 7 nitrogen and oxygen atoms in total. The molecular weight excluding hydrogens is 348 g/mol. The highest BCUT2D eigenvalue weighted by Crippen LogP contribution is 2.33. The average molecular weight is 368 g/mol. The minimum Gasteiger partial charge on any atom is -0.494 e. The van der Waals surface area contributed by atoms with E-state index < -0.39 is 5.97 Å². The Hall–Kier alpha value is -3.35. The number of rotatable bonds is 6. The highest BCUT2D eigenvalue weighted by atomic mass is 16.5. The van der Waals surface area contributed by atoms with Gasteiger partial charge in [-0.25, -0.2) is 4.79 Å². The number of anilines is 2. The van der Waals surface area contributed by atoms with E-state index >= 15 is 0 Å². The van der Waals surface area contributed by atoms with Crippen LogP contribution in [0.5, 0.6) is 5.75 Å². The van der Waals surface area contributed by atoms with Gasteiger partial charge in [0, 0.05) is 24.7 Å². The average Bonchev–Trinajstić information content (AvgIpc) is 3.07. The number of nitrogens with one attached hydrogen (secondary N) is 1. The number of carbonyl (C=O) groups excluding carboxylic acids is 2. The molecule has 1 heterocycles. The highest BCUT2D eigenvalue weighted by Gasteiger charge is 2.24. The minimum absolute atomic E-state index is 0.0647. The number of carbonyl (C=O) groups is 3. The lowest BCUT2D eigenvalue weighted by Gasteiger charge is -2.19. The zero-order chi connectivity index (χ0) is 19.4. The Labute approximate surface area is 156 Å². The van der Waals surface area contributed by atoms with E-state index in [4.69, 9.17) is 9.84 Å². The molecule has 27 heavy (non-hydrogen) atoms. The van der Waals surface area contributed by atoms with Crippen LogP contribution in [0, 0.1) is 0 Å². The van der Waals surface area contributed by atoms with Crippen molar-refractivity contribution in [1.82, 2.24) is 0 Å². The van der Waals surface area contributed by atoms with Crippen molar-refractivity contribution in [3.8, 4) is 5.75 Å². The van der Waals surface area contributed by atoms with E-state index in [-0.39, 0.29) is 23.8 Å². The maximum atomic E-state index is 12.3. The van der Waals surface area contributed by atoms with Gasteiger partial charge in [0.25, 0.3) is 0 Å². The summed E-state index contributed by atoms with van der Waals surface area (Å²) in [5, 5.41) is 11.7. The first-order valence-electron chi connectivity index (χ1n) is 8.58. The van der Waals surface area contributed by atoms with Crippen LogP contribution >= 0.6 is 0 Å². The summed E-state index contributed by atoms with van der Waals surface area (Å²) >= 11 is 0. The van der Waals surface area contributed by atoms with Crippen LogP contribution in [0.25, 0.3) is 0 Å². The van der Waals surface area contributed by atoms with Crippen LogP contribution in [0.4, 0.5) is 11.4 Å². The molecule has 2 amide bonds. The van der Waals surface area contributed by atoms with Crippen molar-refractivity contribution >= 4 is 29.2 Å². The summed E-state index contributed by atoms with van der Waals surface area (Å²) in [6, 6.07) is 11.4. The zero-order valence-electron chi connectivity index (χ0n) is 14.9. The van der Waals surface area contributed by atoms with Crippen molar-refractivity contribution in [2.45, 2.75) is 19.3 Å². The number of aromatic carboxylic acids is 1.